The summed E-state index contributed by atoms with van der Waals surface area (Å²) in [7, 11) is 0. The fraction of sp³-hybridized carbons (Fsp3) is 0.308. The maximum atomic E-state index is 13.3. The van der Waals surface area contributed by atoms with Crippen LogP contribution in [0.5, 0.6) is 0 Å². The van der Waals surface area contributed by atoms with Gasteiger partial charge in [-0.3, -0.25) is 0 Å². The van der Waals surface area contributed by atoms with Gasteiger partial charge in [-0.15, -0.1) is 0 Å². The van der Waals surface area contributed by atoms with Gasteiger partial charge in [-0.1, -0.05) is 6.92 Å². The highest BCUT2D eigenvalue weighted by molar-refractivity contribution is 5.41. The molecule has 1 unspecified atom stereocenters. The summed E-state index contributed by atoms with van der Waals surface area (Å²) in [5.41, 5.74) is 7.71. The van der Waals surface area contributed by atoms with Gasteiger partial charge in [0.1, 0.15) is 5.82 Å². The molecule has 0 aliphatic carbocycles. The Bertz CT molecular complexity index is 479. The topological polar surface area (TPSA) is 43.8 Å². The van der Waals surface area contributed by atoms with Crippen LogP contribution < -0.4 is 5.73 Å². The molecule has 1 aromatic carbocycles. The second-order valence-electron chi connectivity index (χ2n) is 4.10. The summed E-state index contributed by atoms with van der Waals surface area (Å²) in [5.74, 6) is -0.237. The van der Waals surface area contributed by atoms with Crippen LogP contribution in [0.15, 0.2) is 36.7 Å². The molecule has 3 nitrogen and oxygen atoms in total. The van der Waals surface area contributed by atoms with Gasteiger partial charge < -0.3 is 5.73 Å². The lowest BCUT2D eigenvalue weighted by molar-refractivity contribution is 0.611. The molecule has 0 saturated heterocycles. The first-order chi connectivity index (χ1) is 8.20. The monoisotopic (exact) mass is 233 g/mol. The zero-order valence-electron chi connectivity index (χ0n) is 9.81. The maximum absolute atomic E-state index is 13.3. The van der Waals surface area contributed by atoms with Gasteiger partial charge in [0.25, 0.3) is 0 Å². The molecule has 0 aliphatic rings. The van der Waals surface area contributed by atoms with Crippen molar-refractivity contribution in [1.82, 2.24) is 9.78 Å². The first-order valence-corrected chi connectivity index (χ1v) is 5.74. The van der Waals surface area contributed by atoms with Crippen molar-refractivity contribution in [1.29, 1.82) is 0 Å². The van der Waals surface area contributed by atoms with Crippen LogP contribution in [0.3, 0.4) is 0 Å². The van der Waals surface area contributed by atoms with Gasteiger partial charge in [0.2, 0.25) is 0 Å². The average molecular weight is 233 g/mol. The molecule has 4 heteroatoms. The molecule has 1 aromatic heterocycles. The largest absolute Gasteiger partial charge is 0.327 e. The Morgan fingerprint density at radius 1 is 1.47 bits per heavy atom. The Labute approximate surface area is 100 Å². The third-order valence-corrected chi connectivity index (χ3v) is 2.80. The van der Waals surface area contributed by atoms with E-state index in [4.69, 9.17) is 5.73 Å². The quantitative estimate of drug-likeness (QED) is 0.880. The molecule has 0 spiro atoms. The molecular weight excluding hydrogens is 217 g/mol. The number of benzene rings is 1. The lowest BCUT2D eigenvalue weighted by atomic mass is 10.0. The first kappa shape index (κ1) is 11.8. The summed E-state index contributed by atoms with van der Waals surface area (Å²) in [6.45, 7) is 2.03. The zero-order chi connectivity index (χ0) is 12.3. The van der Waals surface area contributed by atoms with Crippen molar-refractivity contribution in [3.8, 4) is 5.69 Å². The van der Waals surface area contributed by atoms with E-state index in [1.807, 2.05) is 19.2 Å². The van der Waals surface area contributed by atoms with Gasteiger partial charge in [0.15, 0.2) is 0 Å². The van der Waals surface area contributed by atoms with E-state index < -0.39 is 0 Å². The van der Waals surface area contributed by atoms with Crippen molar-refractivity contribution in [3.63, 3.8) is 0 Å². The van der Waals surface area contributed by atoms with E-state index in [-0.39, 0.29) is 11.9 Å². The van der Waals surface area contributed by atoms with Gasteiger partial charge in [-0.2, -0.15) is 5.10 Å². The van der Waals surface area contributed by atoms with E-state index in [1.54, 1.807) is 16.9 Å². The number of aromatic nitrogens is 2. The van der Waals surface area contributed by atoms with Gasteiger partial charge in [0.05, 0.1) is 5.69 Å². The predicted molar refractivity (Wildman–Crippen MR) is 65.5 cm³/mol. The highest BCUT2D eigenvalue weighted by atomic mass is 19.1. The minimum absolute atomic E-state index is 0.0473. The third-order valence-electron chi connectivity index (χ3n) is 2.80. The standard InChI is InChI=1S/C13H16FN3/c1-2-12(15)9-10-8-11(14)4-5-13(10)17-7-3-6-16-17/h3-8,12H,2,9,15H2,1H3. The Balaban J connectivity index is 2.38. The molecule has 1 atom stereocenters. The second-order valence-corrected chi connectivity index (χ2v) is 4.10. The highest BCUT2D eigenvalue weighted by Crippen LogP contribution is 2.17. The fourth-order valence-electron chi connectivity index (χ4n) is 1.78. The molecule has 0 saturated carbocycles. The maximum Gasteiger partial charge on any atom is 0.123 e. The number of nitrogens with two attached hydrogens (primary N) is 1. The molecule has 2 aromatic rings. The predicted octanol–water partition coefficient (Wildman–Crippen LogP) is 2.29. The van der Waals surface area contributed by atoms with Gasteiger partial charge in [-0.05, 0) is 42.7 Å². The molecular formula is C13H16FN3. The van der Waals surface area contributed by atoms with Crippen LogP contribution in [0.1, 0.15) is 18.9 Å². The van der Waals surface area contributed by atoms with Crippen LogP contribution in [0.4, 0.5) is 4.39 Å². The lowest BCUT2D eigenvalue weighted by Crippen LogP contribution is -2.22. The number of hydrogen-bond donors (Lipinski definition) is 1. The summed E-state index contributed by atoms with van der Waals surface area (Å²) in [5, 5.41) is 4.16. The Morgan fingerprint density at radius 2 is 2.29 bits per heavy atom. The second kappa shape index (κ2) is 5.10. The normalized spacial score (nSPS) is 12.6. The van der Waals surface area contributed by atoms with E-state index in [0.29, 0.717) is 6.42 Å². The van der Waals surface area contributed by atoms with Crippen LogP contribution in [-0.2, 0) is 6.42 Å². The zero-order valence-corrected chi connectivity index (χ0v) is 9.81. The average Bonchev–Trinajstić information content (AvgIpc) is 2.82. The van der Waals surface area contributed by atoms with E-state index in [0.717, 1.165) is 17.7 Å². The van der Waals surface area contributed by atoms with Crippen LogP contribution >= 0.6 is 0 Å². The van der Waals surface area contributed by atoms with E-state index in [1.165, 1.54) is 12.1 Å². The molecule has 90 valence electrons. The van der Waals surface area contributed by atoms with Crippen LogP contribution in [0.2, 0.25) is 0 Å². The van der Waals surface area contributed by atoms with Crippen molar-refractivity contribution in [3.05, 3.63) is 48.0 Å². The van der Waals surface area contributed by atoms with Crippen molar-refractivity contribution >= 4 is 0 Å². The summed E-state index contributed by atoms with van der Waals surface area (Å²) >= 11 is 0. The molecule has 0 bridgehead atoms. The van der Waals surface area contributed by atoms with Crippen molar-refractivity contribution in [2.24, 2.45) is 5.73 Å². The third kappa shape index (κ3) is 2.71. The Morgan fingerprint density at radius 3 is 2.94 bits per heavy atom. The van der Waals surface area contributed by atoms with Gasteiger partial charge in [0, 0.05) is 18.4 Å². The van der Waals surface area contributed by atoms with E-state index in [2.05, 4.69) is 5.10 Å². The van der Waals surface area contributed by atoms with E-state index in [9.17, 15) is 4.39 Å². The molecule has 2 N–H and O–H groups in total. The fourth-order valence-corrected chi connectivity index (χ4v) is 1.78. The van der Waals surface area contributed by atoms with Crippen molar-refractivity contribution in [2.45, 2.75) is 25.8 Å². The summed E-state index contributed by atoms with van der Waals surface area (Å²) in [6.07, 6.45) is 5.07. The Kier molecular flexibility index (Phi) is 3.54. The minimum Gasteiger partial charge on any atom is -0.327 e. The van der Waals surface area contributed by atoms with E-state index >= 15 is 0 Å². The van der Waals surface area contributed by atoms with Crippen molar-refractivity contribution < 1.29 is 4.39 Å². The highest BCUT2D eigenvalue weighted by Gasteiger charge is 2.09. The lowest BCUT2D eigenvalue weighted by Gasteiger charge is -2.13. The molecule has 0 radical (unpaired) electrons. The molecule has 1 heterocycles. The minimum atomic E-state index is -0.237. The molecule has 0 amide bonds. The SMILES string of the molecule is CCC(N)Cc1cc(F)ccc1-n1cccn1. The number of hydrogen-bond acceptors (Lipinski definition) is 2. The molecule has 0 aliphatic heterocycles. The Hall–Kier alpha value is -1.68. The summed E-state index contributed by atoms with van der Waals surface area (Å²) in [4.78, 5) is 0. The smallest absolute Gasteiger partial charge is 0.123 e. The molecule has 17 heavy (non-hydrogen) atoms. The van der Waals surface area contributed by atoms with Crippen LogP contribution in [-0.4, -0.2) is 15.8 Å². The van der Waals surface area contributed by atoms with Crippen molar-refractivity contribution in [2.75, 3.05) is 0 Å². The number of rotatable bonds is 4. The first-order valence-electron chi connectivity index (χ1n) is 5.74. The van der Waals surface area contributed by atoms with Crippen LogP contribution in [0.25, 0.3) is 5.69 Å². The molecule has 2 rings (SSSR count). The van der Waals surface area contributed by atoms with Gasteiger partial charge >= 0.3 is 0 Å². The number of halogens is 1. The van der Waals surface area contributed by atoms with Crippen LogP contribution in [0, 0.1) is 5.82 Å². The number of nitrogens with zero attached hydrogens (tertiary/aromatic N) is 2. The summed E-state index contributed by atoms with van der Waals surface area (Å²) < 4.78 is 15.0. The van der Waals surface area contributed by atoms with Gasteiger partial charge in [-0.25, -0.2) is 9.07 Å². The molecule has 0 fully saturated rings. The summed E-state index contributed by atoms with van der Waals surface area (Å²) in [6, 6.07) is 6.60.